The van der Waals surface area contributed by atoms with E-state index in [1.807, 2.05) is 7.05 Å². The van der Waals surface area contributed by atoms with Gasteiger partial charge in [-0.2, -0.15) is 0 Å². The van der Waals surface area contributed by atoms with Crippen LogP contribution in [-0.4, -0.2) is 26.1 Å². The van der Waals surface area contributed by atoms with Crippen molar-refractivity contribution in [1.82, 2.24) is 10.6 Å². The second-order valence-electron chi connectivity index (χ2n) is 5.95. The van der Waals surface area contributed by atoms with Crippen LogP contribution in [0.5, 0.6) is 0 Å². The van der Waals surface area contributed by atoms with Gasteiger partial charge in [0.2, 0.25) is 0 Å². The van der Waals surface area contributed by atoms with Crippen LogP contribution < -0.4 is 10.6 Å². The molecule has 2 N–H and O–H groups in total. The Bertz CT molecular complexity index is 258. The first kappa shape index (κ1) is 17.1. The van der Waals surface area contributed by atoms with Crippen LogP contribution in [0.25, 0.3) is 0 Å². The van der Waals surface area contributed by atoms with Crippen LogP contribution in [-0.2, 0) is 0 Å². The van der Waals surface area contributed by atoms with Gasteiger partial charge in [0.15, 0.2) is 5.96 Å². The van der Waals surface area contributed by atoms with E-state index >= 15 is 0 Å². The molecule has 0 saturated heterocycles. The Labute approximate surface area is 135 Å². The number of nitrogens with one attached hydrogen (secondary N) is 2. The first-order valence-corrected chi connectivity index (χ1v) is 7.83. The van der Waals surface area contributed by atoms with E-state index in [1.54, 1.807) is 0 Å². The number of guanidine groups is 1. The van der Waals surface area contributed by atoms with Crippen LogP contribution in [0, 0.1) is 11.8 Å². The third-order valence-electron chi connectivity index (χ3n) is 4.32. The predicted octanol–water partition coefficient (Wildman–Crippen LogP) is 3.54. The number of hydrogen-bond acceptors (Lipinski definition) is 1. The second kappa shape index (κ2) is 9.83. The first-order valence-electron chi connectivity index (χ1n) is 7.83. The summed E-state index contributed by atoms with van der Waals surface area (Å²) in [4.78, 5) is 4.27. The molecule has 0 radical (unpaired) electrons. The maximum atomic E-state index is 4.27. The molecule has 0 aromatic carbocycles. The highest BCUT2D eigenvalue weighted by atomic mass is 127. The van der Waals surface area contributed by atoms with Crippen LogP contribution >= 0.6 is 24.0 Å². The van der Waals surface area contributed by atoms with Crippen molar-refractivity contribution >= 4 is 29.9 Å². The summed E-state index contributed by atoms with van der Waals surface area (Å²) in [7, 11) is 1.86. The van der Waals surface area contributed by atoms with Gasteiger partial charge in [-0.15, -0.1) is 24.0 Å². The molecule has 112 valence electrons. The van der Waals surface area contributed by atoms with Crippen LogP contribution in [0.4, 0.5) is 0 Å². The average molecular weight is 379 g/mol. The smallest absolute Gasteiger partial charge is 0.190 e. The van der Waals surface area contributed by atoms with Crippen molar-refractivity contribution in [3.05, 3.63) is 0 Å². The molecule has 0 atom stereocenters. The molecule has 2 saturated carbocycles. The van der Waals surface area contributed by atoms with Crippen molar-refractivity contribution < 1.29 is 0 Å². The molecular formula is C15H30IN3. The number of nitrogens with zero attached hydrogens (tertiary/aromatic N) is 1. The Hall–Kier alpha value is 0. The van der Waals surface area contributed by atoms with E-state index in [1.165, 1.54) is 57.8 Å². The van der Waals surface area contributed by atoms with Gasteiger partial charge < -0.3 is 10.6 Å². The Morgan fingerprint density at radius 3 is 2.21 bits per heavy atom. The minimum atomic E-state index is 0. The summed E-state index contributed by atoms with van der Waals surface area (Å²) < 4.78 is 0. The molecular weight excluding hydrogens is 349 g/mol. The summed E-state index contributed by atoms with van der Waals surface area (Å²) in [6.07, 6.45) is 12.7. The minimum absolute atomic E-state index is 0. The highest BCUT2D eigenvalue weighted by Crippen LogP contribution is 2.31. The molecule has 0 heterocycles. The molecule has 2 aliphatic rings. The highest BCUT2D eigenvalue weighted by molar-refractivity contribution is 14.0. The lowest BCUT2D eigenvalue weighted by Gasteiger charge is -2.13. The van der Waals surface area contributed by atoms with Gasteiger partial charge in [0, 0.05) is 20.1 Å². The lowest BCUT2D eigenvalue weighted by atomic mass is 10.0. The van der Waals surface area contributed by atoms with Crippen molar-refractivity contribution in [3.63, 3.8) is 0 Å². The summed E-state index contributed by atoms with van der Waals surface area (Å²) in [5, 5.41) is 6.83. The third kappa shape index (κ3) is 7.37. The normalized spacial score (nSPS) is 20.2. The van der Waals surface area contributed by atoms with E-state index in [0.29, 0.717) is 0 Å². The molecule has 19 heavy (non-hydrogen) atoms. The van der Waals surface area contributed by atoms with Crippen molar-refractivity contribution in [3.8, 4) is 0 Å². The summed E-state index contributed by atoms with van der Waals surface area (Å²) in [5.74, 6) is 3.00. The number of aliphatic imine (C=N–C) groups is 1. The zero-order valence-corrected chi connectivity index (χ0v) is 14.6. The Kier molecular flexibility index (Phi) is 8.83. The van der Waals surface area contributed by atoms with Gasteiger partial charge in [-0.25, -0.2) is 0 Å². The zero-order valence-electron chi connectivity index (χ0n) is 12.3. The lowest BCUT2D eigenvalue weighted by Crippen LogP contribution is -2.38. The first-order chi connectivity index (χ1) is 8.88. The maximum Gasteiger partial charge on any atom is 0.190 e. The van der Waals surface area contributed by atoms with Crippen LogP contribution in [0.2, 0.25) is 0 Å². The Balaban J connectivity index is 0.00000180. The molecule has 0 aromatic rings. The van der Waals surface area contributed by atoms with Gasteiger partial charge in [-0.05, 0) is 31.1 Å². The average Bonchev–Trinajstić information content (AvgIpc) is 3.06. The Morgan fingerprint density at radius 2 is 1.58 bits per heavy atom. The van der Waals surface area contributed by atoms with E-state index in [-0.39, 0.29) is 24.0 Å². The number of rotatable bonds is 7. The van der Waals surface area contributed by atoms with Gasteiger partial charge in [0.25, 0.3) is 0 Å². The fourth-order valence-corrected chi connectivity index (χ4v) is 2.92. The summed E-state index contributed by atoms with van der Waals surface area (Å²) >= 11 is 0. The lowest BCUT2D eigenvalue weighted by molar-refractivity contribution is 0.481. The van der Waals surface area contributed by atoms with E-state index < -0.39 is 0 Å². The van der Waals surface area contributed by atoms with E-state index in [2.05, 4.69) is 15.6 Å². The SMILES string of the molecule is CN=C(NCCCC1CCCC1)NCCC1CC1.I. The van der Waals surface area contributed by atoms with Crippen LogP contribution in [0.15, 0.2) is 4.99 Å². The van der Waals surface area contributed by atoms with Gasteiger partial charge in [-0.1, -0.05) is 38.5 Å². The van der Waals surface area contributed by atoms with E-state index in [0.717, 1.165) is 30.9 Å². The third-order valence-corrected chi connectivity index (χ3v) is 4.32. The molecule has 0 aromatic heterocycles. The molecule has 0 amide bonds. The van der Waals surface area contributed by atoms with E-state index in [4.69, 9.17) is 0 Å². The van der Waals surface area contributed by atoms with Gasteiger partial charge in [0.1, 0.15) is 0 Å². The summed E-state index contributed by atoms with van der Waals surface area (Å²) in [6.45, 7) is 2.15. The molecule has 2 rings (SSSR count). The zero-order chi connectivity index (χ0) is 12.6. The van der Waals surface area contributed by atoms with Crippen molar-refractivity contribution in [1.29, 1.82) is 0 Å². The van der Waals surface area contributed by atoms with Gasteiger partial charge in [-0.3, -0.25) is 4.99 Å². The standard InChI is InChI=1S/C15H29N3.HI/c1-16-15(18-12-10-14-8-9-14)17-11-4-7-13-5-2-3-6-13;/h13-14H,2-12H2,1H3,(H2,16,17,18);1H. The highest BCUT2D eigenvalue weighted by Gasteiger charge is 2.20. The molecule has 2 aliphatic carbocycles. The fourth-order valence-electron chi connectivity index (χ4n) is 2.92. The summed E-state index contributed by atoms with van der Waals surface area (Å²) in [5.41, 5.74) is 0. The summed E-state index contributed by atoms with van der Waals surface area (Å²) in [6, 6.07) is 0. The quantitative estimate of drug-likeness (QED) is 0.307. The largest absolute Gasteiger partial charge is 0.356 e. The predicted molar refractivity (Wildman–Crippen MR) is 93.3 cm³/mol. The molecule has 4 heteroatoms. The van der Waals surface area contributed by atoms with Gasteiger partial charge in [0.05, 0.1) is 0 Å². The maximum absolute atomic E-state index is 4.27. The molecule has 0 bridgehead atoms. The van der Waals surface area contributed by atoms with Crippen LogP contribution in [0.1, 0.15) is 57.8 Å². The topological polar surface area (TPSA) is 36.4 Å². The second-order valence-corrected chi connectivity index (χ2v) is 5.95. The molecule has 0 spiro atoms. The fraction of sp³-hybridized carbons (Fsp3) is 0.933. The molecule has 0 aliphatic heterocycles. The number of halogens is 1. The minimum Gasteiger partial charge on any atom is -0.356 e. The monoisotopic (exact) mass is 379 g/mol. The van der Waals surface area contributed by atoms with Gasteiger partial charge >= 0.3 is 0 Å². The molecule has 3 nitrogen and oxygen atoms in total. The van der Waals surface area contributed by atoms with Crippen molar-refractivity contribution in [2.45, 2.75) is 57.8 Å². The molecule has 0 unspecified atom stereocenters. The van der Waals surface area contributed by atoms with Crippen LogP contribution in [0.3, 0.4) is 0 Å². The number of hydrogen-bond donors (Lipinski definition) is 2. The van der Waals surface area contributed by atoms with E-state index in [9.17, 15) is 0 Å². The van der Waals surface area contributed by atoms with Crippen molar-refractivity contribution in [2.75, 3.05) is 20.1 Å². The van der Waals surface area contributed by atoms with Crippen molar-refractivity contribution in [2.24, 2.45) is 16.8 Å². The molecule has 2 fully saturated rings. The Morgan fingerprint density at radius 1 is 0.947 bits per heavy atom.